The van der Waals surface area contributed by atoms with Gasteiger partial charge in [-0.15, -0.1) is 0 Å². The second-order valence-corrected chi connectivity index (χ2v) is 4.72. The standard InChI is InChI=1S/C13H28N2/c1-3-5-7-13(8-6-4-2)15-11-9-14-10-12-15/h13-14H,3-12H2,1-2H3. The summed E-state index contributed by atoms with van der Waals surface area (Å²) in [5.41, 5.74) is 0. The van der Waals surface area contributed by atoms with Crippen molar-refractivity contribution < 1.29 is 0 Å². The normalized spacial score (nSPS) is 18.6. The van der Waals surface area contributed by atoms with Crippen LogP contribution in [0.4, 0.5) is 0 Å². The third kappa shape index (κ3) is 4.98. The smallest absolute Gasteiger partial charge is 0.0110 e. The zero-order chi connectivity index (χ0) is 10.9. The Kier molecular flexibility index (Phi) is 7.03. The number of rotatable bonds is 7. The van der Waals surface area contributed by atoms with Gasteiger partial charge in [-0.3, -0.25) is 4.90 Å². The van der Waals surface area contributed by atoms with Crippen LogP contribution in [0, 0.1) is 0 Å². The molecule has 0 bridgehead atoms. The van der Waals surface area contributed by atoms with Crippen LogP contribution < -0.4 is 5.32 Å². The highest BCUT2D eigenvalue weighted by atomic mass is 15.2. The van der Waals surface area contributed by atoms with Gasteiger partial charge in [-0.05, 0) is 12.8 Å². The zero-order valence-corrected chi connectivity index (χ0v) is 10.6. The van der Waals surface area contributed by atoms with E-state index in [0.29, 0.717) is 0 Å². The largest absolute Gasteiger partial charge is 0.314 e. The molecule has 0 aromatic carbocycles. The molecule has 1 fully saturated rings. The molecule has 0 atom stereocenters. The molecule has 0 aromatic heterocycles. The summed E-state index contributed by atoms with van der Waals surface area (Å²) in [6, 6.07) is 0.868. The molecule has 2 nitrogen and oxygen atoms in total. The van der Waals surface area contributed by atoms with Crippen LogP contribution in [-0.2, 0) is 0 Å². The quantitative estimate of drug-likeness (QED) is 0.698. The molecule has 0 saturated carbocycles. The molecule has 1 heterocycles. The first-order valence-corrected chi connectivity index (χ1v) is 6.83. The summed E-state index contributed by atoms with van der Waals surface area (Å²) in [5.74, 6) is 0. The Morgan fingerprint density at radius 2 is 1.53 bits per heavy atom. The zero-order valence-electron chi connectivity index (χ0n) is 10.6. The first kappa shape index (κ1) is 13.0. The van der Waals surface area contributed by atoms with Crippen LogP contribution in [0.15, 0.2) is 0 Å². The Hall–Kier alpha value is -0.0800. The highest BCUT2D eigenvalue weighted by Crippen LogP contribution is 2.16. The number of hydrogen-bond donors (Lipinski definition) is 1. The number of nitrogens with one attached hydrogen (secondary N) is 1. The average Bonchev–Trinajstić information content (AvgIpc) is 2.30. The predicted octanol–water partition coefficient (Wildman–Crippen LogP) is 2.64. The monoisotopic (exact) mass is 212 g/mol. The third-order valence-corrected chi connectivity index (χ3v) is 3.45. The Morgan fingerprint density at radius 3 is 2.00 bits per heavy atom. The van der Waals surface area contributed by atoms with Crippen LogP contribution in [0.25, 0.3) is 0 Å². The Morgan fingerprint density at radius 1 is 1.00 bits per heavy atom. The van der Waals surface area contributed by atoms with Gasteiger partial charge >= 0.3 is 0 Å². The van der Waals surface area contributed by atoms with Gasteiger partial charge in [0, 0.05) is 32.2 Å². The summed E-state index contributed by atoms with van der Waals surface area (Å²) in [4.78, 5) is 2.71. The number of nitrogens with zero attached hydrogens (tertiary/aromatic N) is 1. The SMILES string of the molecule is CCCCC(CCCC)N1CCNCC1. The molecule has 1 N–H and O–H groups in total. The van der Waals surface area contributed by atoms with Crippen molar-refractivity contribution in [3.8, 4) is 0 Å². The van der Waals surface area contributed by atoms with E-state index < -0.39 is 0 Å². The van der Waals surface area contributed by atoms with Gasteiger partial charge in [0.1, 0.15) is 0 Å². The van der Waals surface area contributed by atoms with E-state index in [4.69, 9.17) is 0 Å². The van der Waals surface area contributed by atoms with E-state index in [-0.39, 0.29) is 0 Å². The Labute approximate surface area is 95.4 Å². The topological polar surface area (TPSA) is 15.3 Å². The molecule has 0 spiro atoms. The van der Waals surface area contributed by atoms with Gasteiger partial charge in [0.2, 0.25) is 0 Å². The minimum atomic E-state index is 0.868. The van der Waals surface area contributed by atoms with Crippen LogP contribution in [0.3, 0.4) is 0 Å². The molecule has 0 amide bonds. The van der Waals surface area contributed by atoms with Crippen LogP contribution in [-0.4, -0.2) is 37.1 Å². The van der Waals surface area contributed by atoms with E-state index in [1.54, 1.807) is 0 Å². The highest BCUT2D eigenvalue weighted by molar-refractivity contribution is 4.76. The van der Waals surface area contributed by atoms with Crippen molar-refractivity contribution in [2.75, 3.05) is 26.2 Å². The minimum Gasteiger partial charge on any atom is -0.314 e. The second kappa shape index (κ2) is 8.12. The van der Waals surface area contributed by atoms with Crippen LogP contribution >= 0.6 is 0 Å². The van der Waals surface area contributed by atoms with E-state index in [0.717, 1.165) is 6.04 Å². The number of hydrogen-bond acceptors (Lipinski definition) is 2. The molecule has 2 heteroatoms. The minimum absolute atomic E-state index is 0.868. The van der Waals surface area contributed by atoms with Crippen LogP contribution in [0.1, 0.15) is 52.4 Å². The maximum Gasteiger partial charge on any atom is 0.0110 e. The molecule has 1 saturated heterocycles. The lowest BCUT2D eigenvalue weighted by molar-refractivity contribution is 0.152. The highest BCUT2D eigenvalue weighted by Gasteiger charge is 2.18. The maximum absolute atomic E-state index is 3.44. The summed E-state index contributed by atoms with van der Waals surface area (Å²) in [6.07, 6.45) is 8.31. The van der Waals surface area contributed by atoms with Crippen molar-refractivity contribution in [3.63, 3.8) is 0 Å². The van der Waals surface area contributed by atoms with Crippen molar-refractivity contribution in [1.82, 2.24) is 10.2 Å². The predicted molar refractivity (Wildman–Crippen MR) is 67.3 cm³/mol. The second-order valence-electron chi connectivity index (χ2n) is 4.72. The van der Waals surface area contributed by atoms with Gasteiger partial charge in [0.15, 0.2) is 0 Å². The molecule has 1 rings (SSSR count). The number of piperazine rings is 1. The lowest BCUT2D eigenvalue weighted by Crippen LogP contribution is -2.48. The summed E-state index contributed by atoms with van der Waals surface area (Å²) in [5, 5.41) is 3.44. The summed E-state index contributed by atoms with van der Waals surface area (Å²) in [6.45, 7) is 9.50. The molecular weight excluding hydrogens is 184 g/mol. The molecule has 15 heavy (non-hydrogen) atoms. The maximum atomic E-state index is 3.44. The van der Waals surface area contributed by atoms with Crippen molar-refractivity contribution in [1.29, 1.82) is 0 Å². The molecule has 90 valence electrons. The van der Waals surface area contributed by atoms with Gasteiger partial charge in [-0.1, -0.05) is 39.5 Å². The molecule has 0 aliphatic carbocycles. The fourth-order valence-corrected chi connectivity index (χ4v) is 2.44. The lowest BCUT2D eigenvalue weighted by atomic mass is 10.0. The van der Waals surface area contributed by atoms with Gasteiger partial charge in [0.05, 0.1) is 0 Å². The van der Waals surface area contributed by atoms with Crippen LogP contribution in [0.2, 0.25) is 0 Å². The molecule has 0 radical (unpaired) electrons. The first-order valence-electron chi connectivity index (χ1n) is 6.83. The molecule has 0 aromatic rings. The van der Waals surface area contributed by atoms with Crippen molar-refractivity contribution >= 4 is 0 Å². The summed E-state index contributed by atoms with van der Waals surface area (Å²) in [7, 11) is 0. The van der Waals surface area contributed by atoms with Gasteiger partial charge in [-0.25, -0.2) is 0 Å². The molecule has 1 aliphatic heterocycles. The molecule has 1 aliphatic rings. The average molecular weight is 212 g/mol. The van der Waals surface area contributed by atoms with Crippen molar-refractivity contribution in [2.24, 2.45) is 0 Å². The fraction of sp³-hybridized carbons (Fsp3) is 1.00. The molecule has 0 unspecified atom stereocenters. The van der Waals surface area contributed by atoms with Crippen molar-refractivity contribution in [3.05, 3.63) is 0 Å². The summed E-state index contributed by atoms with van der Waals surface area (Å²) >= 11 is 0. The third-order valence-electron chi connectivity index (χ3n) is 3.45. The van der Waals surface area contributed by atoms with E-state index in [2.05, 4.69) is 24.1 Å². The van der Waals surface area contributed by atoms with E-state index in [1.165, 1.54) is 64.7 Å². The lowest BCUT2D eigenvalue weighted by Gasteiger charge is -2.35. The Bertz CT molecular complexity index is 133. The fourth-order valence-electron chi connectivity index (χ4n) is 2.44. The van der Waals surface area contributed by atoms with E-state index in [1.807, 2.05) is 0 Å². The Balaban J connectivity index is 2.30. The van der Waals surface area contributed by atoms with E-state index >= 15 is 0 Å². The van der Waals surface area contributed by atoms with E-state index in [9.17, 15) is 0 Å². The van der Waals surface area contributed by atoms with Gasteiger partial charge < -0.3 is 5.32 Å². The number of unbranched alkanes of at least 4 members (excludes halogenated alkanes) is 2. The van der Waals surface area contributed by atoms with Crippen molar-refractivity contribution in [2.45, 2.75) is 58.4 Å². The molecular formula is C13H28N2. The first-order chi connectivity index (χ1) is 7.38. The summed E-state index contributed by atoms with van der Waals surface area (Å²) < 4.78 is 0. The van der Waals surface area contributed by atoms with Crippen LogP contribution in [0.5, 0.6) is 0 Å². The van der Waals surface area contributed by atoms with Gasteiger partial charge in [-0.2, -0.15) is 0 Å². The van der Waals surface area contributed by atoms with Gasteiger partial charge in [0.25, 0.3) is 0 Å².